The topological polar surface area (TPSA) is 26.3 Å². The van der Waals surface area contributed by atoms with Crippen LogP contribution in [0.5, 0.6) is 0 Å². The first-order valence-corrected chi connectivity index (χ1v) is 10.6. The molecule has 2 aliphatic rings. The first-order chi connectivity index (χ1) is 9.90. The molecule has 21 heavy (non-hydrogen) atoms. The van der Waals surface area contributed by atoms with Crippen LogP contribution in [0.25, 0.3) is 0 Å². The van der Waals surface area contributed by atoms with Crippen LogP contribution in [0.4, 0.5) is 13.2 Å². The molecule has 0 N–H and O–H groups in total. The zero-order valence-corrected chi connectivity index (χ0v) is 13.8. The molecule has 0 radical (unpaired) electrons. The highest BCUT2D eigenvalue weighted by Gasteiger charge is 2.43. The Balaban J connectivity index is 1.72. The van der Waals surface area contributed by atoms with Crippen LogP contribution >= 0.6 is 0 Å². The summed E-state index contributed by atoms with van der Waals surface area (Å²) in [5, 5.41) is 0. The number of esters is 1. The van der Waals surface area contributed by atoms with E-state index in [1.807, 2.05) is 0 Å². The molecule has 0 aromatic carbocycles. The minimum atomic E-state index is -4.86. The number of hydrogen-bond acceptors (Lipinski definition) is 2. The van der Waals surface area contributed by atoms with Gasteiger partial charge in [0.05, 0.1) is 0 Å². The van der Waals surface area contributed by atoms with Crippen molar-refractivity contribution in [2.24, 2.45) is 11.8 Å². The lowest BCUT2D eigenvalue weighted by molar-refractivity contribution is -0.206. The number of carbonyl (C=O) groups excluding carboxylic acids is 1. The first kappa shape index (κ1) is 16.8. The molecular weight excluding hydrogens is 297 g/mol. The van der Waals surface area contributed by atoms with Crippen LogP contribution in [0, 0.1) is 11.8 Å². The average Bonchev–Trinajstić information content (AvgIpc) is 2.47. The first-order valence-electron chi connectivity index (χ1n) is 8.18. The van der Waals surface area contributed by atoms with Gasteiger partial charge < -0.3 is 4.74 Å². The summed E-state index contributed by atoms with van der Waals surface area (Å²) in [4.78, 5) is 10.8. The Hall–Kier alpha value is -0.523. The third-order valence-electron chi connectivity index (χ3n) is 5.36. The average molecular weight is 322 g/mol. The molecule has 0 unspecified atom stereocenters. The highest BCUT2D eigenvalue weighted by atomic mass is 28.3. The van der Waals surface area contributed by atoms with Crippen molar-refractivity contribution >= 4 is 14.8 Å². The van der Waals surface area contributed by atoms with Crippen molar-refractivity contribution in [3.8, 4) is 0 Å². The number of hydrogen-bond donors (Lipinski definition) is 0. The fraction of sp³-hybridized carbons (Fsp3) is 0.933. The van der Waals surface area contributed by atoms with Gasteiger partial charge >= 0.3 is 12.1 Å². The number of ether oxygens (including phenoxy) is 1. The smallest absolute Gasteiger partial charge is 0.456 e. The molecule has 1 aliphatic heterocycles. The van der Waals surface area contributed by atoms with E-state index in [1.54, 1.807) is 0 Å². The summed E-state index contributed by atoms with van der Waals surface area (Å²) in [6, 6.07) is 4.27. The van der Waals surface area contributed by atoms with E-state index < -0.39 is 27.0 Å². The Morgan fingerprint density at radius 3 is 2.05 bits per heavy atom. The summed E-state index contributed by atoms with van der Waals surface area (Å²) in [7, 11) is -0.444. The Morgan fingerprint density at radius 1 is 1.05 bits per heavy atom. The molecule has 2 fully saturated rings. The molecule has 6 heteroatoms. The lowest BCUT2D eigenvalue weighted by Gasteiger charge is -2.37. The second-order valence-corrected chi connectivity index (χ2v) is 10.3. The molecule has 0 spiro atoms. The lowest BCUT2D eigenvalue weighted by atomic mass is 9.76. The van der Waals surface area contributed by atoms with E-state index in [9.17, 15) is 18.0 Å². The summed E-state index contributed by atoms with van der Waals surface area (Å²) in [5.41, 5.74) is 0. The van der Waals surface area contributed by atoms with E-state index in [2.05, 4.69) is 11.7 Å². The molecule has 0 aromatic rings. The molecule has 0 bridgehead atoms. The van der Waals surface area contributed by atoms with Crippen LogP contribution in [-0.2, 0) is 9.53 Å². The fourth-order valence-electron chi connectivity index (χ4n) is 3.96. The Labute approximate surface area is 126 Å². The molecule has 1 saturated carbocycles. The summed E-state index contributed by atoms with van der Waals surface area (Å²) in [6.45, 7) is 2.30. The molecule has 0 aromatic heterocycles. The minimum Gasteiger partial charge on any atom is -0.456 e. The van der Waals surface area contributed by atoms with Gasteiger partial charge in [-0.15, -0.1) is 0 Å². The number of halogens is 3. The summed E-state index contributed by atoms with van der Waals surface area (Å²) in [6.07, 6.45) is 0.272. The third-order valence-corrected chi connectivity index (χ3v) is 8.81. The van der Waals surface area contributed by atoms with Gasteiger partial charge in [0.2, 0.25) is 0 Å². The highest BCUT2D eigenvalue weighted by molar-refractivity contribution is 6.58. The predicted octanol–water partition coefficient (Wildman–Crippen LogP) is 4.31. The second kappa shape index (κ2) is 7.16. The Bertz CT molecular complexity index is 343. The predicted molar refractivity (Wildman–Crippen MR) is 77.9 cm³/mol. The summed E-state index contributed by atoms with van der Waals surface area (Å²) < 4.78 is 41.1. The largest absolute Gasteiger partial charge is 0.490 e. The Morgan fingerprint density at radius 2 is 1.57 bits per heavy atom. The minimum absolute atomic E-state index is 0.444. The van der Waals surface area contributed by atoms with Crippen molar-refractivity contribution in [1.29, 1.82) is 0 Å². The van der Waals surface area contributed by atoms with Crippen molar-refractivity contribution in [2.75, 3.05) is 0 Å². The molecule has 0 amide bonds. The molecule has 1 saturated heterocycles. The number of alkyl halides is 3. The fourth-order valence-corrected chi connectivity index (χ4v) is 6.87. The zero-order valence-electron chi connectivity index (χ0n) is 12.6. The Kier molecular flexibility index (Phi) is 5.74. The standard InChI is InChI=1S/C15H25F3O2Si/c1-2-21-9-7-12(8-10-21)11-3-5-13(6-4-11)20-14(19)15(16,17)18/h11-13,21H,2-10H2,1H3. The molecule has 122 valence electrons. The van der Waals surface area contributed by atoms with Gasteiger partial charge in [-0.25, -0.2) is 4.79 Å². The van der Waals surface area contributed by atoms with Crippen molar-refractivity contribution in [2.45, 2.75) is 75.9 Å². The van der Waals surface area contributed by atoms with Crippen LogP contribution < -0.4 is 0 Å². The van der Waals surface area contributed by atoms with Gasteiger partial charge in [-0.2, -0.15) is 13.2 Å². The van der Waals surface area contributed by atoms with E-state index in [4.69, 9.17) is 0 Å². The number of rotatable bonds is 3. The SMILES string of the molecule is CC[SiH]1CCC(C2CCC(OC(=O)C(F)(F)F)CC2)CC1. The maximum Gasteiger partial charge on any atom is 0.490 e. The third kappa shape index (κ3) is 4.73. The van der Waals surface area contributed by atoms with Gasteiger partial charge in [-0.3, -0.25) is 0 Å². The van der Waals surface area contributed by atoms with Crippen molar-refractivity contribution in [1.82, 2.24) is 0 Å². The van der Waals surface area contributed by atoms with E-state index in [1.165, 1.54) is 31.0 Å². The van der Waals surface area contributed by atoms with Gasteiger partial charge in [0, 0.05) is 8.80 Å². The quantitative estimate of drug-likeness (QED) is 0.572. The van der Waals surface area contributed by atoms with Gasteiger partial charge in [-0.05, 0) is 37.5 Å². The molecule has 1 aliphatic carbocycles. The maximum absolute atomic E-state index is 12.2. The van der Waals surface area contributed by atoms with Crippen LogP contribution in [0.15, 0.2) is 0 Å². The summed E-state index contributed by atoms with van der Waals surface area (Å²) >= 11 is 0. The second-order valence-electron chi connectivity index (χ2n) is 6.63. The van der Waals surface area contributed by atoms with Crippen molar-refractivity contribution in [3.63, 3.8) is 0 Å². The van der Waals surface area contributed by atoms with Crippen LogP contribution in [0.2, 0.25) is 18.1 Å². The maximum atomic E-state index is 12.2. The van der Waals surface area contributed by atoms with Crippen LogP contribution in [0.1, 0.15) is 45.4 Å². The highest BCUT2D eigenvalue weighted by Crippen LogP contribution is 2.40. The van der Waals surface area contributed by atoms with Gasteiger partial charge in [-0.1, -0.05) is 37.9 Å². The summed E-state index contributed by atoms with van der Waals surface area (Å²) in [5.74, 6) is -0.627. The van der Waals surface area contributed by atoms with E-state index in [0.29, 0.717) is 18.8 Å². The van der Waals surface area contributed by atoms with E-state index in [-0.39, 0.29) is 0 Å². The van der Waals surface area contributed by atoms with Gasteiger partial charge in [0.1, 0.15) is 6.10 Å². The van der Waals surface area contributed by atoms with Gasteiger partial charge in [0.15, 0.2) is 0 Å². The monoisotopic (exact) mass is 322 g/mol. The molecule has 2 nitrogen and oxygen atoms in total. The van der Waals surface area contributed by atoms with Gasteiger partial charge in [0.25, 0.3) is 0 Å². The molecular formula is C15H25F3O2Si. The van der Waals surface area contributed by atoms with Crippen LogP contribution in [-0.4, -0.2) is 27.0 Å². The van der Waals surface area contributed by atoms with Crippen molar-refractivity contribution in [3.05, 3.63) is 0 Å². The molecule has 0 atom stereocenters. The normalized spacial score (nSPS) is 34.5. The van der Waals surface area contributed by atoms with Crippen molar-refractivity contribution < 1.29 is 22.7 Å². The molecule has 1 heterocycles. The van der Waals surface area contributed by atoms with E-state index in [0.717, 1.165) is 18.8 Å². The lowest BCUT2D eigenvalue weighted by Crippen LogP contribution is -2.34. The van der Waals surface area contributed by atoms with Crippen LogP contribution in [0.3, 0.4) is 0 Å². The zero-order chi connectivity index (χ0) is 15.5. The molecule has 2 rings (SSSR count). The number of carbonyl (C=O) groups is 1. The van der Waals surface area contributed by atoms with E-state index >= 15 is 0 Å².